The van der Waals surface area contributed by atoms with Crippen molar-refractivity contribution < 1.29 is 9.53 Å². The first-order valence-corrected chi connectivity index (χ1v) is 7.74. The molecule has 1 aliphatic rings. The number of nitrogens with one attached hydrogen (secondary N) is 1. The molecular formula is C14H23N3O2S. The molecule has 0 aromatic carbocycles. The molecule has 0 radical (unpaired) electrons. The Kier molecular flexibility index (Phi) is 4.25. The highest BCUT2D eigenvalue weighted by atomic mass is 32.1. The van der Waals surface area contributed by atoms with E-state index < -0.39 is 0 Å². The lowest BCUT2D eigenvalue weighted by atomic mass is 10.1. The van der Waals surface area contributed by atoms with Gasteiger partial charge in [0.05, 0.1) is 22.4 Å². The van der Waals surface area contributed by atoms with Gasteiger partial charge in [-0.25, -0.2) is 0 Å². The third kappa shape index (κ3) is 3.24. The monoisotopic (exact) mass is 297 g/mol. The number of thiophene rings is 1. The van der Waals surface area contributed by atoms with Gasteiger partial charge in [-0.05, 0) is 33.8 Å². The largest absolute Gasteiger partial charge is 0.397 e. The molecule has 2 rings (SSSR count). The zero-order chi connectivity index (χ0) is 14.9. The van der Waals surface area contributed by atoms with Gasteiger partial charge in [0.25, 0.3) is 5.91 Å². The van der Waals surface area contributed by atoms with Crippen molar-refractivity contribution in [3.05, 3.63) is 10.9 Å². The van der Waals surface area contributed by atoms with E-state index in [9.17, 15) is 4.79 Å². The molecule has 0 aliphatic carbocycles. The van der Waals surface area contributed by atoms with Crippen molar-refractivity contribution in [2.75, 3.05) is 30.3 Å². The van der Waals surface area contributed by atoms with Crippen LogP contribution >= 0.6 is 11.3 Å². The van der Waals surface area contributed by atoms with E-state index in [4.69, 9.17) is 10.5 Å². The summed E-state index contributed by atoms with van der Waals surface area (Å²) in [5.74, 6) is -0.0955. The summed E-state index contributed by atoms with van der Waals surface area (Å²) in [5.41, 5.74) is 6.33. The lowest BCUT2D eigenvalue weighted by molar-refractivity contribution is -0.0748. The van der Waals surface area contributed by atoms with Gasteiger partial charge in [0.2, 0.25) is 0 Å². The molecule has 1 unspecified atom stereocenters. The molecule has 3 N–H and O–H groups in total. The van der Waals surface area contributed by atoms with E-state index in [1.54, 1.807) is 0 Å². The molecule has 6 heteroatoms. The number of carbonyl (C=O) groups excluding carboxylic acids is 1. The summed E-state index contributed by atoms with van der Waals surface area (Å²) >= 11 is 1.45. The van der Waals surface area contributed by atoms with Crippen LogP contribution in [0.1, 0.15) is 37.4 Å². The Labute approximate surface area is 124 Å². The van der Waals surface area contributed by atoms with Gasteiger partial charge in [0.1, 0.15) is 4.88 Å². The molecule has 0 bridgehead atoms. The second-order valence-electron chi connectivity index (χ2n) is 5.80. The summed E-state index contributed by atoms with van der Waals surface area (Å²) in [6.45, 7) is 10.3. The zero-order valence-corrected chi connectivity index (χ0v) is 13.3. The smallest absolute Gasteiger partial charge is 0.263 e. The third-order valence-electron chi connectivity index (χ3n) is 3.17. The van der Waals surface area contributed by atoms with E-state index in [2.05, 4.69) is 31.0 Å². The molecule has 1 aromatic heterocycles. The van der Waals surface area contributed by atoms with E-state index in [0.29, 0.717) is 17.1 Å². The van der Waals surface area contributed by atoms with Crippen molar-refractivity contribution in [2.24, 2.45) is 0 Å². The van der Waals surface area contributed by atoms with Crippen molar-refractivity contribution in [1.29, 1.82) is 0 Å². The second-order valence-corrected chi connectivity index (χ2v) is 6.83. The number of hydrogen-bond donors (Lipinski definition) is 2. The third-order valence-corrected chi connectivity index (χ3v) is 4.38. The molecule has 0 saturated carbocycles. The van der Waals surface area contributed by atoms with Crippen LogP contribution in [0.15, 0.2) is 6.07 Å². The van der Waals surface area contributed by atoms with Gasteiger partial charge in [-0.15, -0.1) is 11.3 Å². The first kappa shape index (κ1) is 15.1. The van der Waals surface area contributed by atoms with Crippen LogP contribution in [0.25, 0.3) is 0 Å². The first-order valence-electron chi connectivity index (χ1n) is 6.92. The van der Waals surface area contributed by atoms with Crippen molar-refractivity contribution in [3.8, 4) is 0 Å². The van der Waals surface area contributed by atoms with E-state index in [1.807, 2.05) is 13.0 Å². The zero-order valence-electron chi connectivity index (χ0n) is 12.5. The Morgan fingerprint density at radius 2 is 2.35 bits per heavy atom. The Balaban J connectivity index is 2.21. The summed E-state index contributed by atoms with van der Waals surface area (Å²) in [7, 11) is 0. The van der Waals surface area contributed by atoms with Crippen LogP contribution in [0.2, 0.25) is 0 Å². The standard InChI is InChI=1S/C14H23N3O2S/c1-5-16-13(18)12-10(15)6-11(20-12)17-7-9(2)19-14(3,4)8-17/h6,9H,5,7-8,15H2,1-4H3,(H,16,18). The van der Waals surface area contributed by atoms with E-state index in [-0.39, 0.29) is 17.6 Å². The predicted octanol–water partition coefficient (Wildman–Crippen LogP) is 2.08. The minimum atomic E-state index is -0.192. The number of carbonyl (C=O) groups is 1. The van der Waals surface area contributed by atoms with Crippen LogP contribution in [-0.4, -0.2) is 37.2 Å². The minimum Gasteiger partial charge on any atom is -0.397 e. The summed E-state index contributed by atoms with van der Waals surface area (Å²) in [4.78, 5) is 14.8. The molecule has 20 heavy (non-hydrogen) atoms. The molecular weight excluding hydrogens is 274 g/mol. The molecule has 112 valence electrons. The first-order chi connectivity index (χ1) is 9.32. The quantitative estimate of drug-likeness (QED) is 0.896. The average Bonchev–Trinajstić information content (AvgIpc) is 2.69. The Morgan fingerprint density at radius 3 is 2.95 bits per heavy atom. The lowest BCUT2D eigenvalue weighted by Crippen LogP contribution is -2.51. The lowest BCUT2D eigenvalue weighted by Gasteiger charge is -2.42. The van der Waals surface area contributed by atoms with Crippen LogP contribution in [0.4, 0.5) is 10.7 Å². The molecule has 1 amide bonds. The van der Waals surface area contributed by atoms with Gasteiger partial charge in [0, 0.05) is 19.6 Å². The number of nitrogens with two attached hydrogens (primary N) is 1. The van der Waals surface area contributed by atoms with Crippen molar-refractivity contribution in [2.45, 2.75) is 39.4 Å². The Morgan fingerprint density at radius 1 is 1.65 bits per heavy atom. The number of ether oxygens (including phenoxy) is 1. The van der Waals surface area contributed by atoms with Crippen LogP contribution in [0.3, 0.4) is 0 Å². The molecule has 1 aliphatic heterocycles. The van der Waals surface area contributed by atoms with Gasteiger partial charge < -0.3 is 20.7 Å². The number of anilines is 2. The highest BCUT2D eigenvalue weighted by molar-refractivity contribution is 7.18. The van der Waals surface area contributed by atoms with Crippen LogP contribution in [0.5, 0.6) is 0 Å². The van der Waals surface area contributed by atoms with Gasteiger partial charge >= 0.3 is 0 Å². The van der Waals surface area contributed by atoms with Crippen molar-refractivity contribution in [3.63, 3.8) is 0 Å². The summed E-state index contributed by atoms with van der Waals surface area (Å²) in [6, 6.07) is 1.89. The van der Waals surface area contributed by atoms with Crippen molar-refractivity contribution in [1.82, 2.24) is 5.32 Å². The number of nitrogen functional groups attached to an aromatic ring is 1. The summed E-state index contributed by atoms with van der Waals surface area (Å²) < 4.78 is 5.90. The fourth-order valence-corrected chi connectivity index (χ4v) is 3.59. The van der Waals surface area contributed by atoms with Crippen LogP contribution < -0.4 is 16.0 Å². The highest BCUT2D eigenvalue weighted by Crippen LogP contribution is 2.35. The fourth-order valence-electron chi connectivity index (χ4n) is 2.59. The maximum atomic E-state index is 11.9. The number of hydrogen-bond acceptors (Lipinski definition) is 5. The molecule has 5 nitrogen and oxygen atoms in total. The second kappa shape index (κ2) is 5.61. The SMILES string of the molecule is CCNC(=O)c1sc(N2CC(C)OC(C)(C)C2)cc1N. The Bertz CT molecular complexity index is 499. The number of amides is 1. The average molecular weight is 297 g/mol. The molecule has 1 fully saturated rings. The number of morpholine rings is 1. The predicted molar refractivity (Wildman–Crippen MR) is 83.6 cm³/mol. The summed E-state index contributed by atoms with van der Waals surface area (Å²) in [6.07, 6.45) is 0.162. The minimum absolute atomic E-state index is 0.0955. The van der Waals surface area contributed by atoms with E-state index in [1.165, 1.54) is 11.3 Å². The maximum Gasteiger partial charge on any atom is 0.263 e. The molecule has 1 aromatic rings. The number of rotatable bonds is 3. The maximum absolute atomic E-state index is 11.9. The van der Waals surface area contributed by atoms with Gasteiger partial charge in [-0.2, -0.15) is 0 Å². The topological polar surface area (TPSA) is 67.6 Å². The highest BCUT2D eigenvalue weighted by Gasteiger charge is 2.32. The molecule has 0 spiro atoms. The van der Waals surface area contributed by atoms with Gasteiger partial charge in [-0.1, -0.05) is 0 Å². The molecule has 1 saturated heterocycles. The van der Waals surface area contributed by atoms with E-state index >= 15 is 0 Å². The van der Waals surface area contributed by atoms with E-state index in [0.717, 1.165) is 18.1 Å². The number of nitrogens with zero attached hydrogens (tertiary/aromatic N) is 1. The fraction of sp³-hybridized carbons (Fsp3) is 0.643. The Hall–Kier alpha value is -1.27. The molecule has 2 heterocycles. The summed E-state index contributed by atoms with van der Waals surface area (Å²) in [5, 5.41) is 3.83. The van der Waals surface area contributed by atoms with Crippen molar-refractivity contribution >= 4 is 27.9 Å². The normalized spacial score (nSPS) is 21.8. The van der Waals surface area contributed by atoms with Gasteiger partial charge in [0.15, 0.2) is 0 Å². The molecule has 1 atom stereocenters. The van der Waals surface area contributed by atoms with Crippen LogP contribution in [0, 0.1) is 0 Å². The van der Waals surface area contributed by atoms with Crippen LogP contribution in [-0.2, 0) is 4.74 Å². The van der Waals surface area contributed by atoms with Gasteiger partial charge in [-0.3, -0.25) is 4.79 Å².